The molecule has 25 heavy (non-hydrogen) atoms. The number of methoxy groups -OCH3 is 2. The van der Waals surface area contributed by atoms with E-state index in [9.17, 15) is 14.4 Å². The molecule has 2 amide bonds. The first kappa shape index (κ1) is 16.7. The van der Waals surface area contributed by atoms with Gasteiger partial charge in [-0.2, -0.15) is 0 Å². The maximum absolute atomic E-state index is 12.5. The molecule has 0 bridgehead atoms. The average molecular weight is 339 g/mol. The molecule has 0 N–H and O–H groups in total. The third-order valence-corrected chi connectivity index (χ3v) is 4.15. The minimum atomic E-state index is -0.366. The summed E-state index contributed by atoms with van der Waals surface area (Å²) in [5.41, 5.74) is 1.14. The topological polar surface area (TPSA) is 72.9 Å². The summed E-state index contributed by atoms with van der Waals surface area (Å²) in [6, 6.07) is 11.5. The van der Waals surface area contributed by atoms with Crippen molar-refractivity contribution in [2.75, 3.05) is 20.8 Å². The fraction of sp³-hybridized carbons (Fsp3) is 0.211. The Bertz CT molecular complexity index is 824. The van der Waals surface area contributed by atoms with Gasteiger partial charge in [0.05, 0.1) is 30.9 Å². The Morgan fingerprint density at radius 2 is 1.60 bits per heavy atom. The lowest BCUT2D eigenvalue weighted by molar-refractivity contribution is 0.0649. The highest BCUT2D eigenvalue weighted by molar-refractivity contribution is 6.21. The van der Waals surface area contributed by atoms with Crippen molar-refractivity contribution in [3.8, 4) is 11.5 Å². The number of rotatable bonds is 6. The number of Topliss-reactive ketones (excluding diaryl/α,β-unsaturated/α-hetero) is 1. The highest BCUT2D eigenvalue weighted by Crippen LogP contribution is 2.27. The summed E-state index contributed by atoms with van der Waals surface area (Å²) in [7, 11) is 2.99. The van der Waals surface area contributed by atoms with Gasteiger partial charge in [0.2, 0.25) is 0 Å². The fourth-order valence-electron chi connectivity index (χ4n) is 2.82. The Labute approximate surface area is 145 Å². The summed E-state index contributed by atoms with van der Waals surface area (Å²) in [6.07, 6.45) is 0.0220. The van der Waals surface area contributed by atoms with Crippen LogP contribution >= 0.6 is 0 Å². The molecule has 0 unspecified atom stereocenters. The Kier molecular flexibility index (Phi) is 4.52. The second-order valence-corrected chi connectivity index (χ2v) is 5.55. The van der Waals surface area contributed by atoms with E-state index in [1.165, 1.54) is 14.2 Å². The summed E-state index contributed by atoms with van der Waals surface area (Å²) < 4.78 is 10.3. The summed E-state index contributed by atoms with van der Waals surface area (Å²) >= 11 is 0. The van der Waals surface area contributed by atoms with Crippen LogP contribution < -0.4 is 9.47 Å². The van der Waals surface area contributed by atoms with E-state index in [0.29, 0.717) is 28.2 Å². The van der Waals surface area contributed by atoms with Crippen molar-refractivity contribution in [3.05, 3.63) is 59.2 Å². The zero-order chi connectivity index (χ0) is 18.0. The second-order valence-electron chi connectivity index (χ2n) is 5.55. The molecule has 0 atom stereocenters. The van der Waals surface area contributed by atoms with Gasteiger partial charge in [0.15, 0.2) is 5.78 Å². The van der Waals surface area contributed by atoms with Crippen LogP contribution in [0.2, 0.25) is 0 Å². The SMILES string of the molecule is COc1ccc(C(=O)CCN2C(=O)c3ccccc3C2=O)c(OC)c1. The first-order valence-electron chi connectivity index (χ1n) is 7.77. The van der Waals surface area contributed by atoms with E-state index in [1.807, 2.05) is 0 Å². The number of ether oxygens (including phenoxy) is 2. The van der Waals surface area contributed by atoms with E-state index >= 15 is 0 Å². The zero-order valence-electron chi connectivity index (χ0n) is 13.9. The molecule has 0 fully saturated rings. The third-order valence-electron chi connectivity index (χ3n) is 4.15. The van der Waals surface area contributed by atoms with Gasteiger partial charge in [-0.25, -0.2) is 0 Å². The average Bonchev–Trinajstić information content (AvgIpc) is 2.90. The normalized spacial score (nSPS) is 13.0. The Hall–Kier alpha value is -3.15. The van der Waals surface area contributed by atoms with Crippen molar-refractivity contribution >= 4 is 17.6 Å². The van der Waals surface area contributed by atoms with Crippen LogP contribution in [0.4, 0.5) is 0 Å². The molecule has 0 saturated heterocycles. The van der Waals surface area contributed by atoms with Crippen LogP contribution in [0.3, 0.4) is 0 Å². The van der Waals surface area contributed by atoms with Crippen LogP contribution in [0, 0.1) is 0 Å². The number of imide groups is 1. The summed E-state index contributed by atoms with van der Waals surface area (Å²) in [4.78, 5) is 38.2. The molecule has 0 radical (unpaired) electrons. The molecular formula is C19H17NO5. The van der Waals surface area contributed by atoms with Crippen molar-refractivity contribution in [1.82, 2.24) is 4.90 Å². The van der Waals surface area contributed by atoms with E-state index in [4.69, 9.17) is 9.47 Å². The fourth-order valence-corrected chi connectivity index (χ4v) is 2.82. The predicted octanol–water partition coefficient (Wildman–Crippen LogP) is 2.57. The van der Waals surface area contributed by atoms with Crippen molar-refractivity contribution in [2.45, 2.75) is 6.42 Å². The highest BCUT2D eigenvalue weighted by Gasteiger charge is 2.35. The van der Waals surface area contributed by atoms with Crippen molar-refractivity contribution in [1.29, 1.82) is 0 Å². The minimum Gasteiger partial charge on any atom is -0.497 e. The van der Waals surface area contributed by atoms with Gasteiger partial charge < -0.3 is 9.47 Å². The van der Waals surface area contributed by atoms with E-state index in [-0.39, 0.29) is 30.6 Å². The largest absolute Gasteiger partial charge is 0.497 e. The van der Waals surface area contributed by atoms with Gasteiger partial charge in [-0.3, -0.25) is 19.3 Å². The lowest BCUT2D eigenvalue weighted by Crippen LogP contribution is -2.32. The number of carbonyl (C=O) groups is 3. The Morgan fingerprint density at radius 3 is 2.16 bits per heavy atom. The molecule has 0 saturated carbocycles. The lowest BCUT2D eigenvalue weighted by Gasteiger charge is -2.14. The highest BCUT2D eigenvalue weighted by atomic mass is 16.5. The molecule has 6 nitrogen and oxygen atoms in total. The molecule has 6 heteroatoms. The monoisotopic (exact) mass is 339 g/mol. The van der Waals surface area contributed by atoms with E-state index in [2.05, 4.69) is 0 Å². The molecule has 0 aromatic heterocycles. The van der Waals surface area contributed by atoms with Crippen LogP contribution in [0.1, 0.15) is 37.5 Å². The smallest absolute Gasteiger partial charge is 0.261 e. The van der Waals surface area contributed by atoms with Crippen LogP contribution in [-0.4, -0.2) is 43.3 Å². The second kappa shape index (κ2) is 6.76. The van der Waals surface area contributed by atoms with Crippen molar-refractivity contribution < 1.29 is 23.9 Å². The lowest BCUT2D eigenvalue weighted by atomic mass is 10.1. The zero-order valence-corrected chi connectivity index (χ0v) is 13.9. The molecule has 3 rings (SSSR count). The van der Waals surface area contributed by atoms with E-state index < -0.39 is 0 Å². The van der Waals surface area contributed by atoms with E-state index in [1.54, 1.807) is 42.5 Å². The number of benzene rings is 2. The summed E-state index contributed by atoms with van der Waals surface area (Å²) in [5, 5.41) is 0. The van der Waals surface area contributed by atoms with Crippen LogP contribution in [0.25, 0.3) is 0 Å². The van der Waals surface area contributed by atoms with E-state index in [0.717, 1.165) is 4.90 Å². The first-order chi connectivity index (χ1) is 12.1. The van der Waals surface area contributed by atoms with Gasteiger partial charge in [-0.1, -0.05) is 12.1 Å². The molecule has 128 valence electrons. The number of ketones is 1. The Morgan fingerprint density at radius 1 is 0.960 bits per heavy atom. The number of hydrogen-bond donors (Lipinski definition) is 0. The third kappa shape index (κ3) is 2.98. The summed E-state index contributed by atoms with van der Waals surface area (Å²) in [5.74, 6) is 0.0294. The van der Waals surface area contributed by atoms with Crippen molar-refractivity contribution in [3.63, 3.8) is 0 Å². The molecule has 1 aliphatic rings. The van der Waals surface area contributed by atoms with Crippen molar-refractivity contribution in [2.24, 2.45) is 0 Å². The quantitative estimate of drug-likeness (QED) is 0.597. The Balaban J connectivity index is 1.74. The molecule has 1 heterocycles. The first-order valence-corrected chi connectivity index (χ1v) is 7.77. The van der Waals surface area contributed by atoms with Gasteiger partial charge in [0, 0.05) is 19.0 Å². The molecule has 2 aromatic carbocycles. The van der Waals surface area contributed by atoms with Crippen LogP contribution in [0.15, 0.2) is 42.5 Å². The van der Waals surface area contributed by atoms with Gasteiger partial charge in [0.1, 0.15) is 11.5 Å². The van der Waals surface area contributed by atoms with Crippen LogP contribution in [0.5, 0.6) is 11.5 Å². The maximum atomic E-state index is 12.5. The van der Waals surface area contributed by atoms with Gasteiger partial charge in [0.25, 0.3) is 11.8 Å². The van der Waals surface area contributed by atoms with Gasteiger partial charge in [-0.05, 0) is 24.3 Å². The number of amides is 2. The summed E-state index contributed by atoms with van der Waals surface area (Å²) in [6.45, 7) is 0.0281. The molecule has 0 aliphatic carbocycles. The molecule has 2 aromatic rings. The number of hydrogen-bond acceptors (Lipinski definition) is 5. The molecular weight excluding hydrogens is 322 g/mol. The number of fused-ring (bicyclic) bond motifs is 1. The molecule has 0 spiro atoms. The number of carbonyl (C=O) groups excluding carboxylic acids is 3. The van der Waals surface area contributed by atoms with Crippen LogP contribution in [-0.2, 0) is 0 Å². The predicted molar refractivity (Wildman–Crippen MR) is 90.3 cm³/mol. The molecule has 1 aliphatic heterocycles. The minimum absolute atomic E-state index is 0.0220. The standard InChI is InChI=1S/C19H17NO5/c1-24-12-7-8-15(17(11-12)25-2)16(21)9-10-20-18(22)13-5-3-4-6-14(13)19(20)23/h3-8,11H,9-10H2,1-2H3. The van der Waals surface area contributed by atoms with Gasteiger partial charge in [-0.15, -0.1) is 0 Å². The maximum Gasteiger partial charge on any atom is 0.261 e. The number of nitrogens with zero attached hydrogens (tertiary/aromatic N) is 1. The van der Waals surface area contributed by atoms with Gasteiger partial charge >= 0.3 is 0 Å².